The molecule has 2 heterocycles. The summed E-state index contributed by atoms with van der Waals surface area (Å²) in [5.41, 5.74) is 2.71. The minimum Gasteiger partial charge on any atom is -0.497 e. The van der Waals surface area contributed by atoms with Gasteiger partial charge >= 0.3 is 0 Å². The Morgan fingerprint density at radius 1 is 1.16 bits per heavy atom. The molecule has 162 valence electrons. The number of ether oxygens (including phenoxy) is 2. The quantitative estimate of drug-likeness (QED) is 0.554. The van der Waals surface area contributed by atoms with Crippen LogP contribution in [0.3, 0.4) is 0 Å². The summed E-state index contributed by atoms with van der Waals surface area (Å²) in [4.78, 5) is 19.0. The van der Waals surface area contributed by atoms with Crippen molar-refractivity contribution in [2.24, 2.45) is 5.92 Å². The van der Waals surface area contributed by atoms with Crippen LogP contribution in [0, 0.1) is 12.8 Å². The Labute approximate surface area is 182 Å². The fourth-order valence-electron chi connectivity index (χ4n) is 3.59. The Hall–Kier alpha value is -3.35. The summed E-state index contributed by atoms with van der Waals surface area (Å²) in [6, 6.07) is 13.4. The van der Waals surface area contributed by atoms with Crippen LogP contribution in [0.1, 0.15) is 37.6 Å². The average Bonchev–Trinajstić information content (AvgIpc) is 3.40. The summed E-state index contributed by atoms with van der Waals surface area (Å²) in [6.07, 6.45) is 0.334. The smallest absolute Gasteiger partial charge is 0.232 e. The third kappa shape index (κ3) is 4.55. The van der Waals surface area contributed by atoms with Crippen LogP contribution in [0.4, 0.5) is 5.69 Å². The number of carbonyl (C=O) groups excluding carboxylic acids is 1. The van der Waals surface area contributed by atoms with Crippen LogP contribution in [0.2, 0.25) is 0 Å². The SMILES string of the molecule is COc1ccc(C)c(N2CC(c3nc(-c4ccc(OCC(C)C)cc4)no3)CC2=O)c1. The standard InChI is InChI=1S/C24H27N3O4/c1-15(2)14-30-19-9-6-17(7-10-19)23-25-24(31-26-23)18-11-22(28)27(13-18)21-12-20(29-4)8-5-16(21)3/h5-10,12,15,18H,11,13-14H2,1-4H3. The zero-order valence-electron chi connectivity index (χ0n) is 18.3. The lowest BCUT2D eigenvalue weighted by atomic mass is 10.1. The molecule has 7 nitrogen and oxygen atoms in total. The summed E-state index contributed by atoms with van der Waals surface area (Å²) in [6.45, 7) is 7.37. The molecule has 0 bridgehead atoms. The van der Waals surface area contributed by atoms with E-state index in [9.17, 15) is 4.79 Å². The molecule has 1 unspecified atom stereocenters. The number of rotatable bonds is 7. The highest BCUT2D eigenvalue weighted by Crippen LogP contribution is 2.35. The number of hydrogen-bond acceptors (Lipinski definition) is 6. The highest BCUT2D eigenvalue weighted by atomic mass is 16.5. The van der Waals surface area contributed by atoms with E-state index in [0.29, 0.717) is 37.2 Å². The van der Waals surface area contributed by atoms with Gasteiger partial charge in [0.2, 0.25) is 17.6 Å². The predicted molar refractivity (Wildman–Crippen MR) is 118 cm³/mol. The first-order valence-electron chi connectivity index (χ1n) is 10.5. The van der Waals surface area contributed by atoms with Gasteiger partial charge in [0.1, 0.15) is 11.5 Å². The first kappa shape index (κ1) is 20.9. The molecule has 0 saturated carbocycles. The molecule has 1 saturated heterocycles. The molecular formula is C24H27N3O4. The molecule has 2 aromatic carbocycles. The van der Waals surface area contributed by atoms with Crippen molar-refractivity contribution >= 4 is 11.6 Å². The van der Waals surface area contributed by atoms with E-state index in [-0.39, 0.29) is 11.8 Å². The molecule has 1 amide bonds. The van der Waals surface area contributed by atoms with E-state index in [2.05, 4.69) is 24.0 Å². The normalized spacial score (nSPS) is 16.2. The molecule has 0 N–H and O–H groups in total. The fourth-order valence-corrected chi connectivity index (χ4v) is 3.59. The van der Waals surface area contributed by atoms with Crippen molar-refractivity contribution in [1.29, 1.82) is 0 Å². The van der Waals surface area contributed by atoms with Gasteiger partial charge in [0.25, 0.3) is 0 Å². The molecule has 1 aliphatic heterocycles. The van der Waals surface area contributed by atoms with E-state index in [1.54, 1.807) is 12.0 Å². The summed E-state index contributed by atoms with van der Waals surface area (Å²) in [5, 5.41) is 4.13. The first-order valence-corrected chi connectivity index (χ1v) is 10.5. The molecule has 1 fully saturated rings. The summed E-state index contributed by atoms with van der Waals surface area (Å²) in [5.74, 6) is 2.87. The van der Waals surface area contributed by atoms with Gasteiger partial charge in [-0.3, -0.25) is 4.79 Å². The second-order valence-corrected chi connectivity index (χ2v) is 8.24. The number of aryl methyl sites for hydroxylation is 1. The van der Waals surface area contributed by atoms with Crippen molar-refractivity contribution in [2.45, 2.75) is 33.1 Å². The lowest BCUT2D eigenvalue weighted by molar-refractivity contribution is -0.117. The maximum atomic E-state index is 12.7. The van der Waals surface area contributed by atoms with Crippen molar-refractivity contribution in [3.05, 3.63) is 53.9 Å². The topological polar surface area (TPSA) is 77.7 Å². The highest BCUT2D eigenvalue weighted by molar-refractivity contribution is 5.97. The Bertz CT molecular complexity index is 1060. The van der Waals surface area contributed by atoms with Gasteiger partial charge in [-0.05, 0) is 48.7 Å². The van der Waals surface area contributed by atoms with E-state index in [1.807, 2.05) is 49.4 Å². The largest absolute Gasteiger partial charge is 0.497 e. The van der Waals surface area contributed by atoms with Crippen molar-refractivity contribution in [3.8, 4) is 22.9 Å². The van der Waals surface area contributed by atoms with Crippen molar-refractivity contribution in [3.63, 3.8) is 0 Å². The van der Waals surface area contributed by atoms with Gasteiger partial charge in [-0.2, -0.15) is 4.98 Å². The van der Waals surface area contributed by atoms with Crippen LogP contribution in [0.25, 0.3) is 11.4 Å². The summed E-state index contributed by atoms with van der Waals surface area (Å²) >= 11 is 0. The molecular weight excluding hydrogens is 394 g/mol. The summed E-state index contributed by atoms with van der Waals surface area (Å²) < 4.78 is 16.6. The van der Waals surface area contributed by atoms with Gasteiger partial charge in [-0.25, -0.2) is 0 Å². The van der Waals surface area contributed by atoms with Crippen LogP contribution < -0.4 is 14.4 Å². The Morgan fingerprint density at radius 3 is 2.61 bits per heavy atom. The van der Waals surface area contributed by atoms with E-state index in [0.717, 1.165) is 28.3 Å². The predicted octanol–water partition coefficient (Wildman–Crippen LogP) is 4.61. The molecule has 31 heavy (non-hydrogen) atoms. The molecule has 1 aliphatic rings. The molecule has 1 aromatic heterocycles. The van der Waals surface area contributed by atoms with E-state index >= 15 is 0 Å². The van der Waals surface area contributed by atoms with Gasteiger partial charge < -0.3 is 18.9 Å². The lowest BCUT2D eigenvalue weighted by Crippen LogP contribution is -2.25. The van der Waals surface area contributed by atoms with Gasteiger partial charge in [0.05, 0.1) is 25.3 Å². The second kappa shape index (κ2) is 8.79. The molecule has 7 heteroatoms. The Kier molecular flexibility index (Phi) is 5.93. The van der Waals surface area contributed by atoms with E-state index in [1.165, 1.54) is 0 Å². The maximum absolute atomic E-state index is 12.7. The number of benzene rings is 2. The van der Waals surface area contributed by atoms with Gasteiger partial charge in [-0.1, -0.05) is 25.1 Å². The summed E-state index contributed by atoms with van der Waals surface area (Å²) in [7, 11) is 1.62. The third-order valence-electron chi connectivity index (χ3n) is 5.32. The minimum absolute atomic E-state index is 0.0350. The number of amides is 1. The van der Waals surface area contributed by atoms with Crippen molar-refractivity contribution < 1.29 is 18.8 Å². The van der Waals surface area contributed by atoms with Gasteiger partial charge in [-0.15, -0.1) is 0 Å². The maximum Gasteiger partial charge on any atom is 0.232 e. The van der Waals surface area contributed by atoms with Gasteiger partial charge in [0.15, 0.2) is 0 Å². The Morgan fingerprint density at radius 2 is 1.90 bits per heavy atom. The van der Waals surface area contributed by atoms with E-state index in [4.69, 9.17) is 14.0 Å². The van der Waals surface area contributed by atoms with Crippen LogP contribution in [0.15, 0.2) is 47.0 Å². The van der Waals surface area contributed by atoms with Crippen LogP contribution in [-0.4, -0.2) is 36.3 Å². The zero-order valence-corrected chi connectivity index (χ0v) is 18.3. The molecule has 1 atom stereocenters. The van der Waals surface area contributed by atoms with Crippen LogP contribution in [-0.2, 0) is 4.79 Å². The monoisotopic (exact) mass is 421 g/mol. The number of aromatic nitrogens is 2. The number of anilines is 1. The average molecular weight is 421 g/mol. The number of methoxy groups -OCH3 is 1. The third-order valence-corrected chi connectivity index (χ3v) is 5.32. The number of hydrogen-bond donors (Lipinski definition) is 0. The number of nitrogens with zero attached hydrogens (tertiary/aromatic N) is 3. The molecule has 3 aromatic rings. The second-order valence-electron chi connectivity index (χ2n) is 8.24. The van der Waals surface area contributed by atoms with Crippen LogP contribution >= 0.6 is 0 Å². The zero-order chi connectivity index (χ0) is 22.0. The van der Waals surface area contributed by atoms with Crippen LogP contribution in [0.5, 0.6) is 11.5 Å². The van der Waals surface area contributed by atoms with Crippen molar-refractivity contribution in [2.75, 3.05) is 25.2 Å². The highest BCUT2D eigenvalue weighted by Gasteiger charge is 2.36. The van der Waals surface area contributed by atoms with Crippen molar-refractivity contribution in [1.82, 2.24) is 10.1 Å². The molecule has 0 spiro atoms. The Balaban J connectivity index is 1.48. The van der Waals surface area contributed by atoms with Gasteiger partial charge in [0, 0.05) is 24.6 Å². The minimum atomic E-state index is -0.145. The molecule has 4 rings (SSSR count). The first-order chi connectivity index (χ1) is 14.9. The molecule has 0 radical (unpaired) electrons. The lowest BCUT2D eigenvalue weighted by Gasteiger charge is -2.19. The van der Waals surface area contributed by atoms with E-state index < -0.39 is 0 Å². The molecule has 0 aliphatic carbocycles. The number of carbonyl (C=O) groups is 1. The fraction of sp³-hybridized carbons (Fsp3) is 0.375.